The zero-order chi connectivity index (χ0) is 23.8. The Kier molecular flexibility index (Phi) is 8.54. The van der Waals surface area contributed by atoms with Gasteiger partial charge in [-0.15, -0.1) is 0 Å². The summed E-state index contributed by atoms with van der Waals surface area (Å²) >= 11 is 0. The number of carbonyl (C=O) groups excluding carboxylic acids is 2. The van der Waals surface area contributed by atoms with Crippen LogP contribution in [-0.2, 0) is 14.3 Å². The molecule has 2 atom stereocenters. The summed E-state index contributed by atoms with van der Waals surface area (Å²) < 4.78 is 21.2. The normalized spacial score (nSPS) is 18.1. The molecule has 0 aliphatic carbocycles. The predicted octanol–water partition coefficient (Wildman–Crippen LogP) is 3.35. The number of hydrogen-bond acceptors (Lipinski definition) is 6. The highest BCUT2D eigenvalue weighted by atomic mass is 16.5. The van der Waals surface area contributed by atoms with Gasteiger partial charge in [0.25, 0.3) is 0 Å². The van der Waals surface area contributed by atoms with E-state index in [0.29, 0.717) is 42.5 Å². The molecule has 33 heavy (non-hydrogen) atoms. The van der Waals surface area contributed by atoms with Crippen molar-refractivity contribution in [3.8, 4) is 17.2 Å². The first kappa shape index (κ1) is 24.4. The van der Waals surface area contributed by atoms with Crippen LogP contribution in [-0.4, -0.2) is 53.4 Å². The molecule has 8 heteroatoms. The van der Waals surface area contributed by atoms with E-state index in [1.54, 1.807) is 39.4 Å². The monoisotopic (exact) mass is 456 g/mol. The van der Waals surface area contributed by atoms with Crippen molar-refractivity contribution in [3.05, 3.63) is 48.0 Å². The molecule has 1 N–H and O–H groups in total. The van der Waals surface area contributed by atoms with E-state index >= 15 is 0 Å². The summed E-state index contributed by atoms with van der Waals surface area (Å²) in [6, 6.07) is 12.3. The molecule has 1 aliphatic heterocycles. The van der Waals surface area contributed by atoms with Crippen LogP contribution in [0.25, 0.3) is 0 Å². The molecule has 2 amide bonds. The second-order valence-electron chi connectivity index (χ2n) is 7.80. The summed E-state index contributed by atoms with van der Waals surface area (Å²) in [6.07, 6.45) is 1.46. The van der Waals surface area contributed by atoms with Crippen LogP contribution in [0.5, 0.6) is 17.2 Å². The molecule has 0 bridgehead atoms. The van der Waals surface area contributed by atoms with Gasteiger partial charge < -0.3 is 29.2 Å². The van der Waals surface area contributed by atoms with Crippen molar-refractivity contribution < 1.29 is 28.5 Å². The van der Waals surface area contributed by atoms with Gasteiger partial charge in [-0.3, -0.25) is 9.59 Å². The van der Waals surface area contributed by atoms with Crippen molar-refractivity contribution in [2.75, 3.05) is 46.5 Å². The Hall–Kier alpha value is -3.26. The van der Waals surface area contributed by atoms with Gasteiger partial charge in [0.05, 0.1) is 33.3 Å². The maximum Gasteiger partial charge on any atom is 0.227 e. The first-order chi connectivity index (χ1) is 16.0. The fraction of sp³-hybridized carbons (Fsp3) is 0.440. The van der Waals surface area contributed by atoms with Gasteiger partial charge in [0.15, 0.2) is 11.5 Å². The second-order valence-corrected chi connectivity index (χ2v) is 7.80. The summed E-state index contributed by atoms with van der Waals surface area (Å²) in [7, 11) is 6.36. The van der Waals surface area contributed by atoms with Crippen molar-refractivity contribution in [2.24, 2.45) is 5.92 Å². The molecule has 3 rings (SSSR count). The molecule has 0 radical (unpaired) electrons. The van der Waals surface area contributed by atoms with E-state index < -0.39 is 12.0 Å². The van der Waals surface area contributed by atoms with E-state index in [9.17, 15) is 9.59 Å². The third kappa shape index (κ3) is 5.57. The van der Waals surface area contributed by atoms with Crippen molar-refractivity contribution in [3.63, 3.8) is 0 Å². The highest BCUT2D eigenvalue weighted by Gasteiger charge is 2.41. The average Bonchev–Trinajstić information content (AvgIpc) is 2.85. The number of ether oxygens (including phenoxy) is 4. The standard InChI is InChI=1S/C25H32N2O6/c1-30-15-5-14-26-25(29)20-11-13-23(28)27(18-7-9-19(31-2)10-8-18)24(20)17-6-12-21(32-3)22(16-17)33-4/h6-10,12,16,20,24H,5,11,13-15H2,1-4H3,(H,26,29)/t20-,24-/m0/s1. The van der Waals surface area contributed by atoms with Crippen LogP contribution in [0.2, 0.25) is 0 Å². The van der Waals surface area contributed by atoms with Crippen LogP contribution in [0.1, 0.15) is 30.9 Å². The molecule has 0 aromatic heterocycles. The number of nitrogens with one attached hydrogen (secondary N) is 1. The lowest BCUT2D eigenvalue weighted by Gasteiger charge is -2.41. The Morgan fingerprint density at radius 3 is 2.36 bits per heavy atom. The van der Waals surface area contributed by atoms with Crippen molar-refractivity contribution in [1.82, 2.24) is 5.32 Å². The Morgan fingerprint density at radius 2 is 1.73 bits per heavy atom. The van der Waals surface area contributed by atoms with Gasteiger partial charge in [0.1, 0.15) is 5.75 Å². The minimum absolute atomic E-state index is 0.0385. The van der Waals surface area contributed by atoms with Gasteiger partial charge in [0.2, 0.25) is 11.8 Å². The summed E-state index contributed by atoms with van der Waals surface area (Å²) in [5.41, 5.74) is 1.51. The second kappa shape index (κ2) is 11.6. The van der Waals surface area contributed by atoms with Crippen LogP contribution in [0.3, 0.4) is 0 Å². The number of rotatable bonds is 10. The first-order valence-electron chi connectivity index (χ1n) is 11.0. The summed E-state index contributed by atoms with van der Waals surface area (Å²) in [4.78, 5) is 28.1. The molecule has 0 unspecified atom stereocenters. The van der Waals surface area contributed by atoms with Gasteiger partial charge >= 0.3 is 0 Å². The van der Waals surface area contributed by atoms with E-state index in [2.05, 4.69) is 5.32 Å². The van der Waals surface area contributed by atoms with Crippen LogP contribution in [0.4, 0.5) is 5.69 Å². The highest BCUT2D eigenvalue weighted by molar-refractivity contribution is 5.97. The molecule has 0 saturated carbocycles. The number of anilines is 1. The Morgan fingerprint density at radius 1 is 1.00 bits per heavy atom. The maximum atomic E-state index is 13.2. The number of piperidine rings is 1. The number of methoxy groups -OCH3 is 4. The zero-order valence-corrected chi connectivity index (χ0v) is 19.6. The summed E-state index contributed by atoms with van der Waals surface area (Å²) in [6.45, 7) is 1.08. The number of hydrogen-bond donors (Lipinski definition) is 1. The van der Waals surface area contributed by atoms with Gasteiger partial charge in [-0.05, 0) is 54.8 Å². The molecular formula is C25H32N2O6. The number of benzene rings is 2. The fourth-order valence-corrected chi connectivity index (χ4v) is 4.19. The fourth-order valence-electron chi connectivity index (χ4n) is 4.19. The van der Waals surface area contributed by atoms with Gasteiger partial charge in [-0.2, -0.15) is 0 Å². The minimum Gasteiger partial charge on any atom is -0.497 e. The molecule has 1 aliphatic rings. The SMILES string of the molecule is COCCCNC(=O)[C@H]1CCC(=O)N(c2ccc(OC)cc2)[C@H]1c1ccc(OC)c(OC)c1. The molecule has 0 spiro atoms. The number of amides is 2. The molecule has 1 heterocycles. The van der Waals surface area contributed by atoms with Crippen LogP contribution < -0.4 is 24.4 Å². The van der Waals surface area contributed by atoms with E-state index in [1.165, 1.54) is 0 Å². The maximum absolute atomic E-state index is 13.2. The Bertz CT molecular complexity index is 946. The number of carbonyl (C=O) groups is 2. The van der Waals surface area contributed by atoms with Gasteiger partial charge in [0, 0.05) is 32.4 Å². The predicted molar refractivity (Wildman–Crippen MR) is 125 cm³/mol. The molecule has 1 saturated heterocycles. The molecular weight excluding hydrogens is 424 g/mol. The highest BCUT2D eigenvalue weighted by Crippen LogP contribution is 2.42. The van der Waals surface area contributed by atoms with Gasteiger partial charge in [-0.25, -0.2) is 0 Å². The van der Waals surface area contributed by atoms with Crippen molar-refractivity contribution in [2.45, 2.75) is 25.3 Å². The number of nitrogens with zero attached hydrogens (tertiary/aromatic N) is 1. The van der Waals surface area contributed by atoms with Crippen LogP contribution >= 0.6 is 0 Å². The van der Waals surface area contributed by atoms with Crippen LogP contribution in [0.15, 0.2) is 42.5 Å². The Balaban J connectivity index is 2.01. The first-order valence-corrected chi connectivity index (χ1v) is 11.0. The molecule has 178 valence electrons. The Labute approximate surface area is 194 Å². The molecule has 1 fully saturated rings. The van der Waals surface area contributed by atoms with E-state index in [-0.39, 0.29) is 18.2 Å². The summed E-state index contributed by atoms with van der Waals surface area (Å²) in [5.74, 6) is 1.27. The smallest absolute Gasteiger partial charge is 0.227 e. The molecule has 8 nitrogen and oxygen atoms in total. The van der Waals surface area contributed by atoms with E-state index in [1.807, 2.05) is 36.4 Å². The summed E-state index contributed by atoms with van der Waals surface area (Å²) in [5, 5.41) is 3.01. The lowest BCUT2D eigenvalue weighted by Crippen LogP contribution is -2.48. The lowest BCUT2D eigenvalue weighted by atomic mass is 9.83. The third-order valence-electron chi connectivity index (χ3n) is 5.86. The molecule has 2 aromatic rings. The van der Waals surface area contributed by atoms with Crippen LogP contribution in [0, 0.1) is 5.92 Å². The largest absolute Gasteiger partial charge is 0.497 e. The molecule has 2 aromatic carbocycles. The minimum atomic E-state index is -0.498. The van der Waals surface area contributed by atoms with Crippen molar-refractivity contribution in [1.29, 1.82) is 0 Å². The van der Waals surface area contributed by atoms with Crippen molar-refractivity contribution >= 4 is 17.5 Å². The topological polar surface area (TPSA) is 86.3 Å². The van der Waals surface area contributed by atoms with E-state index in [0.717, 1.165) is 12.0 Å². The zero-order valence-electron chi connectivity index (χ0n) is 19.6. The van der Waals surface area contributed by atoms with Gasteiger partial charge in [-0.1, -0.05) is 6.07 Å². The lowest BCUT2D eigenvalue weighted by molar-refractivity contribution is -0.129. The van der Waals surface area contributed by atoms with E-state index in [4.69, 9.17) is 18.9 Å². The third-order valence-corrected chi connectivity index (χ3v) is 5.86. The quantitative estimate of drug-likeness (QED) is 0.552. The average molecular weight is 457 g/mol.